The minimum Gasteiger partial charge on any atom is -0.343 e. The Morgan fingerprint density at radius 3 is 2.33 bits per heavy atom. The maximum atomic E-state index is 10.7. The van der Waals surface area contributed by atoms with Crippen molar-refractivity contribution >= 4 is 29.3 Å². The average Bonchev–Trinajstić information content (AvgIpc) is 2.38. The van der Waals surface area contributed by atoms with Crippen LogP contribution < -0.4 is 4.90 Å². The summed E-state index contributed by atoms with van der Waals surface area (Å²) in [6.45, 7) is 2.05. The van der Waals surface area contributed by atoms with Crippen molar-refractivity contribution in [2.45, 2.75) is 6.92 Å². The molecule has 2 nitrogen and oxygen atoms in total. The molecule has 2 aromatic carbocycles. The van der Waals surface area contributed by atoms with Crippen molar-refractivity contribution in [2.75, 3.05) is 11.9 Å². The van der Waals surface area contributed by atoms with Gasteiger partial charge in [-0.2, -0.15) is 0 Å². The van der Waals surface area contributed by atoms with E-state index in [-0.39, 0.29) is 0 Å². The minimum absolute atomic E-state index is 0.572. The van der Waals surface area contributed by atoms with Crippen LogP contribution in [-0.4, -0.2) is 13.3 Å². The maximum Gasteiger partial charge on any atom is 0.150 e. The van der Waals surface area contributed by atoms with Gasteiger partial charge in [0, 0.05) is 18.3 Å². The van der Waals surface area contributed by atoms with Gasteiger partial charge >= 0.3 is 0 Å². The van der Waals surface area contributed by atoms with E-state index < -0.39 is 0 Å². The van der Waals surface area contributed by atoms with Gasteiger partial charge in [-0.15, -0.1) is 0 Å². The minimum atomic E-state index is 0.572. The van der Waals surface area contributed by atoms with Crippen LogP contribution in [0.2, 0.25) is 5.02 Å². The molecule has 0 spiro atoms. The van der Waals surface area contributed by atoms with Crippen molar-refractivity contribution in [1.82, 2.24) is 0 Å². The van der Waals surface area contributed by atoms with E-state index in [1.807, 2.05) is 30.1 Å². The molecule has 0 aromatic heterocycles. The molecule has 0 saturated heterocycles. The molecule has 92 valence electrons. The van der Waals surface area contributed by atoms with E-state index in [1.54, 1.807) is 12.1 Å². The molecule has 0 aliphatic carbocycles. The van der Waals surface area contributed by atoms with Gasteiger partial charge in [-0.3, -0.25) is 4.79 Å². The van der Waals surface area contributed by atoms with Crippen LogP contribution in [0.5, 0.6) is 0 Å². The highest BCUT2D eigenvalue weighted by molar-refractivity contribution is 6.33. The molecule has 0 atom stereocenters. The number of nitrogens with zero attached hydrogens (tertiary/aromatic N) is 1. The van der Waals surface area contributed by atoms with E-state index in [4.69, 9.17) is 11.6 Å². The number of hydrogen-bond acceptors (Lipinski definition) is 2. The maximum absolute atomic E-state index is 10.7. The second-order valence-corrected chi connectivity index (χ2v) is 4.63. The average molecular weight is 260 g/mol. The Hall–Kier alpha value is -1.80. The van der Waals surface area contributed by atoms with E-state index in [2.05, 4.69) is 19.1 Å². The zero-order valence-corrected chi connectivity index (χ0v) is 11.1. The summed E-state index contributed by atoms with van der Waals surface area (Å²) in [6.07, 6.45) is 0.793. The molecule has 0 aliphatic heterocycles. The van der Waals surface area contributed by atoms with Gasteiger partial charge in [-0.25, -0.2) is 0 Å². The molecule has 0 bridgehead atoms. The Bertz CT molecular complexity index is 563. The van der Waals surface area contributed by atoms with Gasteiger partial charge in [0.25, 0.3) is 0 Å². The SMILES string of the molecule is Cc1ccc(N(C)c2ccc(C=O)cc2Cl)cc1. The lowest BCUT2D eigenvalue weighted by Crippen LogP contribution is -2.10. The zero-order valence-electron chi connectivity index (χ0n) is 10.4. The number of rotatable bonds is 3. The summed E-state index contributed by atoms with van der Waals surface area (Å²) in [5, 5.41) is 0.572. The summed E-state index contributed by atoms with van der Waals surface area (Å²) in [7, 11) is 1.95. The molecule has 0 N–H and O–H groups in total. The Labute approximate surface area is 112 Å². The molecule has 0 unspecified atom stereocenters. The number of hydrogen-bond donors (Lipinski definition) is 0. The summed E-state index contributed by atoms with van der Waals surface area (Å²) >= 11 is 6.18. The first kappa shape index (κ1) is 12.7. The van der Waals surface area contributed by atoms with Crippen LogP contribution in [0.25, 0.3) is 0 Å². The molecular formula is C15H14ClNO. The number of halogens is 1. The van der Waals surface area contributed by atoms with E-state index in [0.29, 0.717) is 10.6 Å². The molecule has 0 saturated carbocycles. The lowest BCUT2D eigenvalue weighted by Gasteiger charge is -2.21. The molecule has 2 rings (SSSR count). The summed E-state index contributed by atoms with van der Waals surface area (Å²) in [5.41, 5.74) is 3.74. The van der Waals surface area contributed by atoms with Gasteiger partial charge in [0.1, 0.15) is 6.29 Å². The highest BCUT2D eigenvalue weighted by Crippen LogP contribution is 2.31. The van der Waals surface area contributed by atoms with Crippen molar-refractivity contribution < 1.29 is 4.79 Å². The van der Waals surface area contributed by atoms with Gasteiger partial charge in [-0.05, 0) is 37.3 Å². The standard InChI is InChI=1S/C15H14ClNO/c1-11-3-6-13(7-4-11)17(2)15-8-5-12(10-18)9-14(15)16/h3-10H,1-2H3. The van der Waals surface area contributed by atoms with Crippen LogP contribution in [0.4, 0.5) is 11.4 Å². The highest BCUT2D eigenvalue weighted by Gasteiger charge is 2.08. The molecule has 0 radical (unpaired) electrons. The molecule has 0 heterocycles. The van der Waals surface area contributed by atoms with Crippen molar-refractivity contribution in [3.63, 3.8) is 0 Å². The second-order valence-electron chi connectivity index (χ2n) is 4.22. The van der Waals surface area contributed by atoms with Crippen LogP contribution in [-0.2, 0) is 0 Å². The van der Waals surface area contributed by atoms with Crippen molar-refractivity contribution in [2.24, 2.45) is 0 Å². The van der Waals surface area contributed by atoms with Crippen molar-refractivity contribution in [3.05, 3.63) is 58.6 Å². The highest BCUT2D eigenvalue weighted by atomic mass is 35.5. The quantitative estimate of drug-likeness (QED) is 0.769. The van der Waals surface area contributed by atoms with E-state index >= 15 is 0 Å². The predicted molar refractivity (Wildman–Crippen MR) is 76.1 cm³/mol. The first-order valence-electron chi connectivity index (χ1n) is 5.67. The number of aryl methyl sites for hydroxylation is 1. The zero-order chi connectivity index (χ0) is 13.1. The van der Waals surface area contributed by atoms with Crippen LogP contribution in [0, 0.1) is 6.92 Å². The lowest BCUT2D eigenvalue weighted by molar-refractivity contribution is 0.112. The summed E-state index contributed by atoms with van der Waals surface area (Å²) in [4.78, 5) is 12.7. The fraction of sp³-hybridized carbons (Fsp3) is 0.133. The van der Waals surface area contributed by atoms with Crippen molar-refractivity contribution in [1.29, 1.82) is 0 Å². The molecule has 0 aliphatic rings. The van der Waals surface area contributed by atoms with Gasteiger partial charge in [-0.1, -0.05) is 29.3 Å². The van der Waals surface area contributed by atoms with E-state index in [9.17, 15) is 4.79 Å². The summed E-state index contributed by atoms with van der Waals surface area (Å²) < 4.78 is 0. The molecule has 18 heavy (non-hydrogen) atoms. The third-order valence-electron chi connectivity index (χ3n) is 2.89. The molecule has 0 amide bonds. The monoisotopic (exact) mass is 259 g/mol. The Morgan fingerprint density at radius 1 is 1.11 bits per heavy atom. The van der Waals surface area contributed by atoms with Crippen LogP contribution in [0.1, 0.15) is 15.9 Å². The third kappa shape index (κ3) is 2.54. The number of carbonyl (C=O) groups excluding carboxylic acids is 1. The number of aldehydes is 1. The van der Waals surface area contributed by atoms with Crippen molar-refractivity contribution in [3.8, 4) is 0 Å². The van der Waals surface area contributed by atoms with Crippen LogP contribution >= 0.6 is 11.6 Å². The first-order valence-corrected chi connectivity index (χ1v) is 6.05. The predicted octanol–water partition coefficient (Wildman–Crippen LogP) is 4.23. The first-order chi connectivity index (χ1) is 8.61. The Morgan fingerprint density at radius 2 is 1.78 bits per heavy atom. The topological polar surface area (TPSA) is 20.3 Å². The fourth-order valence-corrected chi connectivity index (χ4v) is 2.09. The molecule has 0 fully saturated rings. The van der Waals surface area contributed by atoms with E-state index in [0.717, 1.165) is 17.7 Å². The van der Waals surface area contributed by atoms with Gasteiger partial charge in [0.05, 0.1) is 10.7 Å². The van der Waals surface area contributed by atoms with E-state index in [1.165, 1.54) is 5.56 Å². The number of carbonyl (C=O) groups is 1. The Balaban J connectivity index is 2.36. The largest absolute Gasteiger partial charge is 0.343 e. The van der Waals surface area contributed by atoms with Gasteiger partial charge in [0.2, 0.25) is 0 Å². The molecule has 2 aromatic rings. The van der Waals surface area contributed by atoms with Crippen LogP contribution in [0.15, 0.2) is 42.5 Å². The lowest BCUT2D eigenvalue weighted by atomic mass is 10.2. The second kappa shape index (κ2) is 5.23. The Kier molecular flexibility index (Phi) is 3.68. The number of benzene rings is 2. The van der Waals surface area contributed by atoms with Crippen LogP contribution in [0.3, 0.4) is 0 Å². The normalized spacial score (nSPS) is 10.2. The fourth-order valence-electron chi connectivity index (χ4n) is 1.78. The van der Waals surface area contributed by atoms with Gasteiger partial charge < -0.3 is 4.90 Å². The van der Waals surface area contributed by atoms with Gasteiger partial charge in [0.15, 0.2) is 0 Å². The smallest absolute Gasteiger partial charge is 0.150 e. The summed E-state index contributed by atoms with van der Waals surface area (Å²) in [5.74, 6) is 0. The molecular weight excluding hydrogens is 246 g/mol. The molecule has 3 heteroatoms. The summed E-state index contributed by atoms with van der Waals surface area (Å²) in [6, 6.07) is 13.5. The third-order valence-corrected chi connectivity index (χ3v) is 3.19. The number of anilines is 2.